The molecule has 0 unspecified atom stereocenters. The number of sulfone groups is 5. The van der Waals surface area contributed by atoms with E-state index in [0.717, 1.165) is 68.2 Å². The molecule has 0 aromatic heterocycles. The van der Waals surface area contributed by atoms with Crippen LogP contribution in [0.2, 0.25) is 32.7 Å². The van der Waals surface area contributed by atoms with Crippen molar-refractivity contribution in [1.82, 2.24) is 0 Å². The molecule has 0 aliphatic heterocycles. The van der Waals surface area contributed by atoms with Crippen LogP contribution in [-0.2, 0) is 152 Å². The lowest BCUT2D eigenvalue weighted by molar-refractivity contribution is -0.181. The van der Waals surface area contributed by atoms with Crippen LogP contribution in [0.25, 0.3) is 0 Å². The quantitative estimate of drug-likeness (QED) is 0.0264. The molecule has 20 nitrogen and oxygen atoms in total. The second-order valence-electron chi connectivity index (χ2n) is 27.3. The first-order valence-corrected chi connectivity index (χ1v) is 55.7. The van der Waals surface area contributed by atoms with Crippen LogP contribution in [0.3, 0.4) is 0 Å². The fraction of sp³-hybridized carbons (Fsp3) is 0.432. The van der Waals surface area contributed by atoms with E-state index in [2.05, 4.69) is 0 Å². The summed E-state index contributed by atoms with van der Waals surface area (Å²) in [4.78, 5) is 0.707. The van der Waals surface area contributed by atoms with Crippen LogP contribution in [0, 0.1) is 6.92 Å². The zero-order valence-corrected chi connectivity index (χ0v) is 75.0. The molecule has 626 valence electrons. The Morgan fingerprint density at radius 1 is 0.304 bits per heavy atom. The minimum atomic E-state index is -5.23. The van der Waals surface area contributed by atoms with E-state index in [-0.39, 0.29) is 28.4 Å². The molecular formula is C74H104F8O20S5Si5. The Morgan fingerprint density at radius 2 is 0.536 bits per heavy atom. The van der Waals surface area contributed by atoms with Crippen molar-refractivity contribution in [1.29, 1.82) is 0 Å². The third-order valence-corrected chi connectivity index (χ3v) is 38.9. The second kappa shape index (κ2) is 43.6. The van der Waals surface area contributed by atoms with Gasteiger partial charge in [0.25, 0.3) is 15.8 Å². The number of hydrogen-bond donors (Lipinski definition) is 0. The molecule has 0 radical (unpaired) electrons. The Labute approximate surface area is 661 Å². The van der Waals surface area contributed by atoms with Gasteiger partial charge in [0, 0.05) is 108 Å². The standard InChI is InChI=1S/C18H24O4SSi.C17H22O4SSi.C15H21F5O4SSi.C12H17F3O4SSi.C12H20O4SSi/c1-15-5-11-18(12-6-15)23(19,20)13-16-7-9-17(10-8-16)14-24(4,21-2)22-3;1-20-23(3,21-2)14-16-11-9-15(10-12-16)13-22(18,19)17-7-5-4-6-8-17;1-23-26(3,24-2)9-13-6-4-12(5-7-13)8-25(21,22)11-14(16,17)10-15(18,19)20;1-18-21(3,19-2)9-11-6-4-10(5-7-11)8-20(16,17)12(13,14)15;1-15-18(4,16-2)10-12-7-5-11(6-8-12)9-17(3,13)14/h5-12H,13-14H2,1-4H3;4-12H,13-14H2,1-3H3;4-7H,8-11H2,1-3H3;4-7H,8-9H2,1-3H3;5-8H,9-10H2,1-4H3. The number of alkyl halides is 8. The summed E-state index contributed by atoms with van der Waals surface area (Å²) in [6.45, 7) is 11.6. The van der Waals surface area contributed by atoms with Crippen molar-refractivity contribution < 1.29 is 121 Å². The normalized spacial score (nSPS) is 12.9. The molecule has 38 heteroatoms. The maximum atomic E-state index is 13.3. The van der Waals surface area contributed by atoms with Gasteiger partial charge in [-0.05, 0) is 120 Å². The third kappa shape index (κ3) is 36.3. The van der Waals surface area contributed by atoms with Crippen molar-refractivity contribution in [2.75, 3.05) is 83.1 Å². The van der Waals surface area contributed by atoms with Gasteiger partial charge in [0.05, 0.1) is 38.6 Å². The van der Waals surface area contributed by atoms with Crippen LogP contribution in [0.15, 0.2) is 186 Å². The first-order valence-electron chi connectivity index (χ1n) is 34.3. The van der Waals surface area contributed by atoms with Gasteiger partial charge in [-0.15, -0.1) is 0 Å². The molecule has 0 fully saturated rings. The molecule has 0 saturated carbocycles. The van der Waals surface area contributed by atoms with Crippen molar-refractivity contribution in [3.63, 3.8) is 0 Å². The third-order valence-electron chi connectivity index (χ3n) is 17.7. The molecule has 7 aromatic rings. The lowest BCUT2D eigenvalue weighted by Crippen LogP contribution is -2.39. The van der Waals surface area contributed by atoms with Crippen LogP contribution < -0.4 is 0 Å². The van der Waals surface area contributed by atoms with E-state index in [1.54, 1.807) is 124 Å². The fourth-order valence-electron chi connectivity index (χ4n) is 10.3. The molecule has 0 aliphatic carbocycles. The lowest BCUT2D eigenvalue weighted by Gasteiger charge is -2.22. The first-order chi connectivity index (χ1) is 51.7. The summed E-state index contributed by atoms with van der Waals surface area (Å²) in [5.74, 6) is -7.94. The maximum absolute atomic E-state index is 13.3. The zero-order chi connectivity index (χ0) is 85.1. The Morgan fingerprint density at radius 3 is 0.777 bits per heavy atom. The molecule has 0 aliphatic rings. The average molecular weight is 1770 g/mol. The molecule has 0 amide bonds. The predicted octanol–water partition coefficient (Wildman–Crippen LogP) is 14.4. The van der Waals surface area contributed by atoms with Crippen LogP contribution in [0.5, 0.6) is 0 Å². The van der Waals surface area contributed by atoms with E-state index < -0.39 is 133 Å². The maximum Gasteiger partial charge on any atom is 0.497 e. The van der Waals surface area contributed by atoms with Gasteiger partial charge in [-0.1, -0.05) is 157 Å². The highest BCUT2D eigenvalue weighted by Gasteiger charge is 2.47. The van der Waals surface area contributed by atoms with Crippen molar-refractivity contribution in [3.05, 3.63) is 237 Å². The molecule has 0 atom stereocenters. The van der Waals surface area contributed by atoms with Gasteiger partial charge in [0.2, 0.25) is 0 Å². The van der Waals surface area contributed by atoms with Crippen molar-refractivity contribution >= 4 is 92.0 Å². The molecule has 0 heterocycles. The first kappa shape index (κ1) is 101. The molecule has 0 N–H and O–H groups in total. The zero-order valence-electron chi connectivity index (χ0n) is 66.0. The topological polar surface area (TPSA) is 263 Å². The summed E-state index contributed by atoms with van der Waals surface area (Å²) in [6.07, 6.45) is -6.37. The number of rotatable bonds is 35. The van der Waals surface area contributed by atoms with E-state index in [1.807, 2.05) is 125 Å². The minimum absolute atomic E-state index is 0.000404. The van der Waals surface area contributed by atoms with Gasteiger partial charge in [-0.3, -0.25) is 0 Å². The van der Waals surface area contributed by atoms with E-state index in [4.69, 9.17) is 44.3 Å². The van der Waals surface area contributed by atoms with E-state index in [1.165, 1.54) is 44.7 Å². The van der Waals surface area contributed by atoms with Crippen molar-refractivity contribution in [3.8, 4) is 0 Å². The van der Waals surface area contributed by atoms with Gasteiger partial charge in [-0.2, -0.15) is 26.3 Å². The minimum Gasteiger partial charge on any atom is -0.398 e. The van der Waals surface area contributed by atoms with Crippen LogP contribution in [-0.4, -0.2) is 186 Å². The Balaban J connectivity index is 0.000000364. The summed E-state index contributed by atoms with van der Waals surface area (Å²) in [5, 5.41) is 0. The Kier molecular flexibility index (Phi) is 39.1. The summed E-state index contributed by atoms with van der Waals surface area (Å²) in [7, 11) is -14.2. The molecule has 7 rings (SSSR count). The van der Waals surface area contributed by atoms with Crippen LogP contribution in [0.1, 0.15) is 67.6 Å². The van der Waals surface area contributed by atoms with Gasteiger partial charge in [-0.25, -0.2) is 50.9 Å². The average Bonchev–Trinajstić information content (AvgIpc) is 0.836. The number of aryl methyl sites for hydroxylation is 1. The van der Waals surface area contributed by atoms with Crippen LogP contribution >= 0.6 is 0 Å². The second-order valence-corrected chi connectivity index (χ2v) is 54.6. The Bertz CT molecular complexity index is 4580. The van der Waals surface area contributed by atoms with Gasteiger partial charge in [0.15, 0.2) is 39.3 Å². The van der Waals surface area contributed by atoms with E-state index >= 15 is 0 Å². The fourth-order valence-corrected chi connectivity index (χ4v) is 23.3. The lowest BCUT2D eigenvalue weighted by atomic mass is 10.2. The molecule has 112 heavy (non-hydrogen) atoms. The largest absolute Gasteiger partial charge is 0.497 e. The smallest absolute Gasteiger partial charge is 0.398 e. The molecule has 0 saturated heterocycles. The van der Waals surface area contributed by atoms with Gasteiger partial charge in [0.1, 0.15) is 12.2 Å². The van der Waals surface area contributed by atoms with Gasteiger partial charge >= 0.3 is 54.5 Å². The number of benzene rings is 7. The predicted molar refractivity (Wildman–Crippen MR) is 429 cm³/mol. The molecule has 7 aromatic carbocycles. The highest BCUT2D eigenvalue weighted by Crippen LogP contribution is 2.34. The number of hydrogen-bond acceptors (Lipinski definition) is 20. The van der Waals surface area contributed by atoms with E-state index in [0.29, 0.717) is 21.9 Å². The highest BCUT2D eigenvalue weighted by atomic mass is 32.2. The van der Waals surface area contributed by atoms with E-state index in [9.17, 15) is 77.2 Å². The van der Waals surface area contributed by atoms with Gasteiger partial charge < -0.3 is 44.3 Å². The summed E-state index contributed by atoms with van der Waals surface area (Å²) in [6, 6.07) is 53.5. The summed E-state index contributed by atoms with van der Waals surface area (Å²) < 4.78 is 272. The van der Waals surface area contributed by atoms with Crippen molar-refractivity contribution in [2.24, 2.45) is 0 Å². The Hall–Kier alpha value is -5.59. The molecular weight excluding hydrogens is 1660 g/mol. The number of halogens is 8. The van der Waals surface area contributed by atoms with Crippen LogP contribution in [0.4, 0.5) is 35.1 Å². The highest BCUT2D eigenvalue weighted by molar-refractivity contribution is 7.92. The molecule has 0 bridgehead atoms. The summed E-state index contributed by atoms with van der Waals surface area (Å²) in [5.41, 5.74) is 3.38. The monoisotopic (exact) mass is 1760 g/mol. The summed E-state index contributed by atoms with van der Waals surface area (Å²) >= 11 is 0. The van der Waals surface area contributed by atoms with Crippen molar-refractivity contribution in [2.45, 2.75) is 132 Å². The SMILES string of the molecule is CO[Si](C)(Cc1ccc(CS(=O)(=O)C(F)(F)F)cc1)OC.CO[Si](C)(Cc1ccc(CS(=O)(=O)CC(F)(F)CC(F)(F)F)cc1)OC.CO[Si](C)(Cc1ccc(CS(=O)(=O)c2ccc(C)cc2)cc1)OC.CO[Si](C)(Cc1ccc(CS(=O)(=O)c2ccccc2)cc1)OC.CO[Si](C)(Cc1ccc(CS(C)(=O)=O)cc1)OC. The molecule has 0 spiro atoms.